The van der Waals surface area contributed by atoms with E-state index in [0.717, 1.165) is 27.5 Å². The number of hydrogen-bond acceptors (Lipinski definition) is 4. The summed E-state index contributed by atoms with van der Waals surface area (Å²) in [7, 11) is 2.02. The first kappa shape index (κ1) is 16.8. The molecular formula is C20H20N4OS. The van der Waals surface area contributed by atoms with Gasteiger partial charge in [0.25, 0.3) is 5.56 Å². The Morgan fingerprint density at radius 1 is 1.00 bits per heavy atom. The van der Waals surface area contributed by atoms with Gasteiger partial charge in [-0.3, -0.25) is 9.36 Å². The number of hydrogen-bond donors (Lipinski definition) is 0. The minimum Gasteiger partial charge on any atom is -0.330 e. The molecule has 0 atom stereocenters. The standard InChI is InChI=1S/C20H20N4OS/c1-13(2)24-19(25)14-8-4-5-9-15(14)22-20(24)26-12-18-21-16-10-6-7-11-17(16)23(18)3/h4-11,13H,12H2,1-3H3. The molecule has 2 aromatic carbocycles. The van der Waals surface area contributed by atoms with Crippen LogP contribution < -0.4 is 5.56 Å². The summed E-state index contributed by atoms with van der Waals surface area (Å²) in [5.74, 6) is 1.62. The van der Waals surface area contributed by atoms with Crippen LogP contribution in [-0.2, 0) is 12.8 Å². The highest BCUT2D eigenvalue weighted by atomic mass is 32.2. The molecule has 0 aliphatic rings. The summed E-state index contributed by atoms with van der Waals surface area (Å²) in [5.41, 5.74) is 2.84. The molecule has 0 aliphatic carbocycles. The lowest BCUT2D eigenvalue weighted by Crippen LogP contribution is -2.25. The third kappa shape index (κ3) is 2.80. The molecule has 0 saturated carbocycles. The normalized spacial score (nSPS) is 11.7. The molecular weight excluding hydrogens is 344 g/mol. The first-order chi connectivity index (χ1) is 12.6. The highest BCUT2D eigenvalue weighted by Crippen LogP contribution is 2.25. The summed E-state index contributed by atoms with van der Waals surface area (Å²) in [6, 6.07) is 15.6. The van der Waals surface area contributed by atoms with Crippen molar-refractivity contribution in [1.29, 1.82) is 0 Å². The Morgan fingerprint density at radius 2 is 1.69 bits per heavy atom. The number of aromatic nitrogens is 4. The largest absolute Gasteiger partial charge is 0.330 e. The van der Waals surface area contributed by atoms with Crippen LogP contribution in [0.4, 0.5) is 0 Å². The third-order valence-electron chi connectivity index (χ3n) is 4.50. The Labute approximate surface area is 155 Å². The van der Waals surface area contributed by atoms with E-state index in [4.69, 9.17) is 9.97 Å². The predicted octanol–water partition coefficient (Wildman–Crippen LogP) is 4.16. The predicted molar refractivity (Wildman–Crippen MR) is 107 cm³/mol. The summed E-state index contributed by atoms with van der Waals surface area (Å²) in [5, 5.41) is 1.39. The lowest BCUT2D eigenvalue weighted by molar-refractivity contribution is 0.519. The van der Waals surface area contributed by atoms with Crippen LogP contribution in [0.25, 0.3) is 21.9 Å². The van der Waals surface area contributed by atoms with Gasteiger partial charge in [0.1, 0.15) is 5.82 Å². The van der Waals surface area contributed by atoms with Crippen molar-refractivity contribution in [2.24, 2.45) is 7.05 Å². The molecule has 2 heterocycles. The van der Waals surface area contributed by atoms with Crippen molar-refractivity contribution in [2.75, 3.05) is 0 Å². The third-order valence-corrected chi connectivity index (χ3v) is 5.45. The molecule has 6 heteroatoms. The second-order valence-electron chi connectivity index (χ2n) is 6.54. The molecule has 0 saturated heterocycles. The van der Waals surface area contributed by atoms with E-state index in [1.165, 1.54) is 0 Å². The van der Waals surface area contributed by atoms with Crippen molar-refractivity contribution >= 4 is 33.7 Å². The van der Waals surface area contributed by atoms with E-state index in [-0.39, 0.29) is 11.6 Å². The summed E-state index contributed by atoms with van der Waals surface area (Å²) < 4.78 is 3.87. The molecule has 5 nitrogen and oxygen atoms in total. The average Bonchev–Trinajstić information content (AvgIpc) is 2.96. The van der Waals surface area contributed by atoms with Gasteiger partial charge in [-0.1, -0.05) is 36.0 Å². The second-order valence-corrected chi connectivity index (χ2v) is 7.49. The second kappa shape index (κ2) is 6.61. The minimum absolute atomic E-state index is 0.0121. The lowest BCUT2D eigenvalue weighted by Gasteiger charge is -2.16. The fourth-order valence-electron chi connectivity index (χ4n) is 3.14. The van der Waals surface area contributed by atoms with Crippen LogP contribution in [0.2, 0.25) is 0 Å². The van der Waals surface area contributed by atoms with Crippen molar-refractivity contribution in [1.82, 2.24) is 19.1 Å². The van der Waals surface area contributed by atoms with E-state index in [1.807, 2.05) is 63.4 Å². The van der Waals surface area contributed by atoms with Gasteiger partial charge < -0.3 is 4.57 Å². The average molecular weight is 364 g/mol. The number of para-hydroxylation sites is 3. The summed E-state index contributed by atoms with van der Waals surface area (Å²) in [6.45, 7) is 4.02. The van der Waals surface area contributed by atoms with Crippen molar-refractivity contribution in [3.63, 3.8) is 0 Å². The van der Waals surface area contributed by atoms with Crippen LogP contribution in [0.1, 0.15) is 25.7 Å². The molecule has 132 valence electrons. The Bertz CT molecular complexity index is 1160. The molecule has 0 amide bonds. The van der Waals surface area contributed by atoms with E-state index in [9.17, 15) is 4.79 Å². The van der Waals surface area contributed by atoms with Crippen molar-refractivity contribution in [3.8, 4) is 0 Å². The Morgan fingerprint density at radius 3 is 2.42 bits per heavy atom. The van der Waals surface area contributed by atoms with Crippen molar-refractivity contribution in [2.45, 2.75) is 30.8 Å². The van der Waals surface area contributed by atoms with E-state index < -0.39 is 0 Å². The molecule has 4 rings (SSSR count). The number of imidazole rings is 1. The molecule has 0 spiro atoms. The van der Waals surface area contributed by atoms with Gasteiger partial charge >= 0.3 is 0 Å². The highest BCUT2D eigenvalue weighted by Gasteiger charge is 2.15. The van der Waals surface area contributed by atoms with E-state index >= 15 is 0 Å². The smallest absolute Gasteiger partial charge is 0.262 e. The molecule has 0 aliphatic heterocycles. The molecule has 0 fully saturated rings. The molecule has 0 radical (unpaired) electrons. The van der Waals surface area contributed by atoms with Crippen LogP contribution in [0, 0.1) is 0 Å². The Hall–Kier alpha value is -2.60. The summed E-state index contributed by atoms with van der Waals surface area (Å²) in [4.78, 5) is 22.4. The maximum Gasteiger partial charge on any atom is 0.262 e. The van der Waals surface area contributed by atoms with Crippen LogP contribution in [0.5, 0.6) is 0 Å². The van der Waals surface area contributed by atoms with Gasteiger partial charge in [0.2, 0.25) is 0 Å². The fraction of sp³-hybridized carbons (Fsp3) is 0.250. The van der Waals surface area contributed by atoms with E-state index in [0.29, 0.717) is 11.1 Å². The zero-order chi connectivity index (χ0) is 18.3. The van der Waals surface area contributed by atoms with Gasteiger partial charge in [-0.25, -0.2) is 9.97 Å². The van der Waals surface area contributed by atoms with Crippen LogP contribution >= 0.6 is 11.8 Å². The molecule has 2 aromatic heterocycles. The minimum atomic E-state index is 0.0121. The molecule has 0 unspecified atom stereocenters. The topological polar surface area (TPSA) is 52.7 Å². The number of aryl methyl sites for hydroxylation is 1. The highest BCUT2D eigenvalue weighted by molar-refractivity contribution is 7.98. The van der Waals surface area contributed by atoms with Gasteiger partial charge in [-0.05, 0) is 38.1 Å². The SMILES string of the molecule is CC(C)n1c(SCc2nc3ccccc3n2C)nc2ccccc2c1=O. The van der Waals surface area contributed by atoms with Crippen LogP contribution in [-0.4, -0.2) is 19.1 Å². The van der Waals surface area contributed by atoms with Gasteiger partial charge in [-0.15, -0.1) is 0 Å². The first-order valence-corrected chi connectivity index (χ1v) is 9.59. The molecule has 0 N–H and O–H groups in total. The number of fused-ring (bicyclic) bond motifs is 2. The van der Waals surface area contributed by atoms with Gasteiger partial charge in [-0.2, -0.15) is 0 Å². The Kier molecular flexibility index (Phi) is 4.28. The number of benzene rings is 2. The van der Waals surface area contributed by atoms with Gasteiger partial charge in [0, 0.05) is 13.1 Å². The summed E-state index contributed by atoms with van der Waals surface area (Å²) in [6.07, 6.45) is 0. The van der Waals surface area contributed by atoms with Gasteiger partial charge in [0.05, 0.1) is 27.7 Å². The first-order valence-electron chi connectivity index (χ1n) is 8.60. The van der Waals surface area contributed by atoms with Crippen LogP contribution in [0.15, 0.2) is 58.5 Å². The zero-order valence-electron chi connectivity index (χ0n) is 15.0. The maximum absolute atomic E-state index is 12.9. The van der Waals surface area contributed by atoms with Crippen molar-refractivity contribution in [3.05, 3.63) is 64.7 Å². The fourth-order valence-corrected chi connectivity index (χ4v) is 4.25. The van der Waals surface area contributed by atoms with E-state index in [1.54, 1.807) is 16.3 Å². The monoisotopic (exact) mass is 364 g/mol. The molecule has 4 aromatic rings. The number of thioether (sulfide) groups is 1. The number of rotatable bonds is 4. The zero-order valence-corrected chi connectivity index (χ0v) is 15.8. The van der Waals surface area contributed by atoms with E-state index in [2.05, 4.69) is 10.6 Å². The van der Waals surface area contributed by atoms with Crippen LogP contribution in [0.3, 0.4) is 0 Å². The quantitative estimate of drug-likeness (QED) is 0.403. The van der Waals surface area contributed by atoms with Gasteiger partial charge in [0.15, 0.2) is 5.16 Å². The Balaban J connectivity index is 1.75. The maximum atomic E-state index is 12.9. The van der Waals surface area contributed by atoms with Crippen molar-refractivity contribution < 1.29 is 0 Å². The summed E-state index contributed by atoms with van der Waals surface area (Å²) >= 11 is 1.56. The lowest BCUT2D eigenvalue weighted by atomic mass is 10.2. The molecule has 0 bridgehead atoms. The number of nitrogens with zero attached hydrogens (tertiary/aromatic N) is 4. The molecule has 26 heavy (non-hydrogen) atoms.